The molecular formula is C27H27F3N6O3S. The number of nitrogens with one attached hydrogen (secondary N) is 4. The van der Waals surface area contributed by atoms with E-state index in [-0.39, 0.29) is 11.4 Å². The first kappa shape index (κ1) is 28.8. The molecule has 1 aromatic heterocycles. The van der Waals surface area contributed by atoms with E-state index >= 15 is 0 Å². The van der Waals surface area contributed by atoms with Crippen LogP contribution in [-0.4, -0.2) is 28.1 Å². The highest BCUT2D eigenvalue weighted by Gasteiger charge is 2.31. The number of hydrogen-bond acceptors (Lipinski definition) is 6. The van der Waals surface area contributed by atoms with Crippen molar-refractivity contribution >= 4 is 40.5 Å². The van der Waals surface area contributed by atoms with Crippen molar-refractivity contribution in [2.24, 2.45) is 7.05 Å². The quantitative estimate of drug-likeness (QED) is 0.148. The van der Waals surface area contributed by atoms with Crippen LogP contribution in [0.5, 0.6) is 5.75 Å². The fraction of sp³-hybridized carbons (Fsp3) is 0.222. The molecule has 0 fully saturated rings. The van der Waals surface area contributed by atoms with Gasteiger partial charge in [0.05, 0.1) is 5.52 Å². The molecule has 0 saturated carbocycles. The number of urea groups is 1. The highest BCUT2D eigenvalue weighted by Crippen LogP contribution is 2.27. The van der Waals surface area contributed by atoms with Crippen molar-refractivity contribution in [3.63, 3.8) is 0 Å². The van der Waals surface area contributed by atoms with Crippen molar-refractivity contribution in [1.82, 2.24) is 25.4 Å². The molecule has 9 nitrogen and oxygen atoms in total. The zero-order valence-corrected chi connectivity index (χ0v) is 22.6. The molecule has 3 aromatic carbocycles. The number of nitrogens with zero attached hydrogens (tertiary/aromatic N) is 2. The minimum Gasteiger partial charge on any atom is -0.406 e. The lowest BCUT2D eigenvalue weighted by Gasteiger charge is -2.13. The summed E-state index contributed by atoms with van der Waals surface area (Å²) in [6.45, 7) is 4.50. The van der Waals surface area contributed by atoms with Crippen LogP contribution in [0.2, 0.25) is 0 Å². The minimum absolute atomic E-state index is 0.156. The number of ether oxygens (including phenoxy) is 1. The average molecular weight is 573 g/mol. The number of carbonyl (C=O) groups excluding carboxylic acids is 2. The van der Waals surface area contributed by atoms with Gasteiger partial charge in [-0.2, -0.15) is 5.10 Å². The van der Waals surface area contributed by atoms with E-state index in [1.54, 1.807) is 23.9 Å². The van der Waals surface area contributed by atoms with Gasteiger partial charge in [0.25, 0.3) is 5.91 Å². The molecule has 13 heteroatoms. The van der Waals surface area contributed by atoms with E-state index in [2.05, 4.69) is 44.6 Å². The predicted molar refractivity (Wildman–Crippen MR) is 147 cm³/mol. The Bertz CT molecular complexity index is 1510. The van der Waals surface area contributed by atoms with Gasteiger partial charge in [-0.3, -0.25) is 19.6 Å². The summed E-state index contributed by atoms with van der Waals surface area (Å²) in [4.78, 5) is 26.1. The monoisotopic (exact) mass is 572 g/mol. The van der Waals surface area contributed by atoms with Gasteiger partial charge in [-0.15, -0.1) is 13.2 Å². The van der Waals surface area contributed by atoms with Gasteiger partial charge < -0.3 is 10.1 Å². The molecule has 0 aliphatic carbocycles. The number of amides is 3. The highest BCUT2D eigenvalue weighted by molar-refractivity contribution is 7.98. The summed E-state index contributed by atoms with van der Waals surface area (Å²) in [6.07, 6.45) is -4.80. The first-order valence-corrected chi connectivity index (χ1v) is 13.0. The number of rotatable bonds is 9. The Kier molecular flexibility index (Phi) is 8.85. The van der Waals surface area contributed by atoms with Gasteiger partial charge in [0.1, 0.15) is 5.75 Å². The number of anilines is 1. The smallest absolute Gasteiger partial charge is 0.406 e. The second-order valence-corrected chi connectivity index (χ2v) is 9.90. The minimum atomic E-state index is -4.80. The van der Waals surface area contributed by atoms with Crippen LogP contribution in [0.15, 0.2) is 71.6 Å². The Labute approximate surface area is 232 Å². The number of carbonyl (C=O) groups is 2. The normalized spacial score (nSPS) is 11.5. The molecule has 210 valence electrons. The summed E-state index contributed by atoms with van der Waals surface area (Å²) >= 11 is 1.24. The van der Waals surface area contributed by atoms with Crippen molar-refractivity contribution in [2.45, 2.75) is 37.6 Å². The van der Waals surface area contributed by atoms with Gasteiger partial charge in [0.15, 0.2) is 5.69 Å². The number of hydrogen-bond donors (Lipinski definition) is 4. The molecule has 40 heavy (non-hydrogen) atoms. The van der Waals surface area contributed by atoms with Crippen LogP contribution >= 0.6 is 11.9 Å². The number of aromatic nitrogens is 2. The maximum atomic E-state index is 12.8. The largest absolute Gasteiger partial charge is 0.573 e. The van der Waals surface area contributed by atoms with E-state index in [1.807, 2.05) is 30.3 Å². The summed E-state index contributed by atoms with van der Waals surface area (Å²) in [6, 6.07) is 17.7. The molecule has 0 radical (unpaired) electrons. The molecule has 0 bridgehead atoms. The van der Waals surface area contributed by atoms with Gasteiger partial charge in [0.2, 0.25) is 0 Å². The van der Waals surface area contributed by atoms with Crippen LogP contribution in [0.1, 0.15) is 41.4 Å². The number of alkyl halides is 3. The summed E-state index contributed by atoms with van der Waals surface area (Å²) in [5, 5.41) is 7.52. The fourth-order valence-electron chi connectivity index (χ4n) is 3.91. The number of halogens is 3. The predicted octanol–water partition coefficient (Wildman–Crippen LogP) is 5.86. The Morgan fingerprint density at radius 3 is 2.48 bits per heavy atom. The van der Waals surface area contributed by atoms with E-state index < -0.39 is 24.1 Å². The molecule has 1 heterocycles. The van der Waals surface area contributed by atoms with Gasteiger partial charge in [-0.25, -0.2) is 10.2 Å². The molecule has 0 atom stereocenters. The molecule has 0 unspecified atom stereocenters. The van der Waals surface area contributed by atoms with Crippen LogP contribution in [0.4, 0.5) is 23.7 Å². The van der Waals surface area contributed by atoms with Gasteiger partial charge in [0, 0.05) is 29.6 Å². The van der Waals surface area contributed by atoms with Crippen LogP contribution in [0, 0.1) is 0 Å². The van der Waals surface area contributed by atoms with Crippen molar-refractivity contribution in [3.8, 4) is 5.75 Å². The van der Waals surface area contributed by atoms with Gasteiger partial charge in [-0.05, 0) is 65.4 Å². The van der Waals surface area contributed by atoms with E-state index in [0.29, 0.717) is 23.4 Å². The second kappa shape index (κ2) is 12.3. The molecule has 0 aliphatic heterocycles. The Balaban J connectivity index is 1.33. The summed E-state index contributed by atoms with van der Waals surface area (Å²) in [7, 11) is 1.69. The van der Waals surface area contributed by atoms with Crippen LogP contribution < -0.4 is 25.6 Å². The second-order valence-electron chi connectivity index (χ2n) is 9.05. The lowest BCUT2D eigenvalue weighted by atomic mass is 10.0. The summed E-state index contributed by atoms with van der Waals surface area (Å²) in [5.41, 5.74) is 8.58. The topological polar surface area (TPSA) is 109 Å². The van der Waals surface area contributed by atoms with Crippen molar-refractivity contribution in [1.29, 1.82) is 0 Å². The first-order chi connectivity index (χ1) is 19.0. The molecule has 4 rings (SSSR count). The van der Waals surface area contributed by atoms with Gasteiger partial charge >= 0.3 is 12.4 Å². The van der Waals surface area contributed by atoms with E-state index in [0.717, 1.165) is 28.2 Å². The maximum Gasteiger partial charge on any atom is 0.573 e. The third kappa shape index (κ3) is 7.45. The Morgan fingerprint density at radius 1 is 1.05 bits per heavy atom. The average Bonchev–Trinajstić information content (AvgIpc) is 3.24. The zero-order chi connectivity index (χ0) is 28.9. The Hall–Kier alpha value is -4.23. The number of benzene rings is 3. The standard InChI is InChI=1S/C27H27F3N6O3S/c1-16(2)20-6-4-5-7-23(20)40-35-26(38)33-31-15-17-8-13-21-22(14-17)36(3)34-24(21)25(37)32-18-9-11-19(12-10-18)39-27(28,29)30/h4-14,16,31H,15H2,1-3H3,(H,32,37)(H2,33,35,38). The number of fused-ring (bicyclic) bond motifs is 1. The number of aryl methyl sites for hydroxylation is 1. The van der Waals surface area contributed by atoms with Crippen LogP contribution in [0.25, 0.3) is 10.9 Å². The summed E-state index contributed by atoms with van der Waals surface area (Å²) < 4.78 is 45.2. The molecule has 4 aromatic rings. The molecule has 4 N–H and O–H groups in total. The molecule has 0 saturated heterocycles. The fourth-order valence-corrected chi connectivity index (χ4v) is 4.74. The van der Waals surface area contributed by atoms with E-state index in [1.165, 1.54) is 24.1 Å². The Morgan fingerprint density at radius 2 is 1.77 bits per heavy atom. The zero-order valence-electron chi connectivity index (χ0n) is 21.8. The van der Waals surface area contributed by atoms with Crippen LogP contribution in [0.3, 0.4) is 0 Å². The van der Waals surface area contributed by atoms with Crippen molar-refractivity contribution in [2.75, 3.05) is 5.32 Å². The van der Waals surface area contributed by atoms with Gasteiger partial charge in [-0.1, -0.05) is 44.2 Å². The van der Waals surface area contributed by atoms with E-state index in [4.69, 9.17) is 0 Å². The SMILES string of the molecule is CC(C)c1ccccc1SNC(=O)NNCc1ccc2c(C(=O)Nc3ccc(OC(F)(F)F)cc3)nn(C)c2c1. The lowest BCUT2D eigenvalue weighted by molar-refractivity contribution is -0.274. The van der Waals surface area contributed by atoms with Crippen molar-refractivity contribution in [3.05, 3.63) is 83.6 Å². The third-order valence-corrected chi connectivity index (χ3v) is 6.65. The summed E-state index contributed by atoms with van der Waals surface area (Å²) in [5.74, 6) is -0.582. The maximum absolute atomic E-state index is 12.8. The molecule has 0 spiro atoms. The third-order valence-electron chi connectivity index (χ3n) is 5.77. The van der Waals surface area contributed by atoms with Crippen molar-refractivity contribution < 1.29 is 27.5 Å². The van der Waals surface area contributed by atoms with Crippen LogP contribution in [-0.2, 0) is 13.6 Å². The molecular weight excluding hydrogens is 545 g/mol. The molecule has 3 amide bonds. The number of hydrazine groups is 1. The first-order valence-electron chi connectivity index (χ1n) is 12.2. The highest BCUT2D eigenvalue weighted by atomic mass is 32.2. The molecule has 0 aliphatic rings. The van der Waals surface area contributed by atoms with E-state index in [9.17, 15) is 22.8 Å². The lowest BCUT2D eigenvalue weighted by Crippen LogP contribution is -2.41.